The minimum atomic E-state index is -1.08. The van der Waals surface area contributed by atoms with Crippen molar-refractivity contribution >= 4 is 17.7 Å². The molecular formula is C28H37N7O4. The summed E-state index contributed by atoms with van der Waals surface area (Å²) >= 11 is 0. The van der Waals surface area contributed by atoms with Gasteiger partial charge in [0.2, 0.25) is 11.8 Å². The van der Waals surface area contributed by atoms with Gasteiger partial charge in [0, 0.05) is 5.56 Å². The van der Waals surface area contributed by atoms with Gasteiger partial charge in [-0.3, -0.25) is 19.6 Å². The topological polar surface area (TPSA) is 162 Å². The fourth-order valence-corrected chi connectivity index (χ4v) is 4.45. The fraction of sp³-hybridized carbons (Fsp3) is 0.429. The van der Waals surface area contributed by atoms with Gasteiger partial charge in [-0.2, -0.15) is 0 Å². The summed E-state index contributed by atoms with van der Waals surface area (Å²) in [7, 11) is 0. The van der Waals surface area contributed by atoms with E-state index < -0.39 is 17.7 Å². The first-order chi connectivity index (χ1) is 18.8. The Balaban J connectivity index is 1.71. The van der Waals surface area contributed by atoms with Crippen molar-refractivity contribution in [2.24, 2.45) is 11.8 Å². The normalized spacial score (nSPS) is 12.5. The maximum absolute atomic E-state index is 12.8. The number of tetrazole rings is 1. The number of unbranched alkanes of at least 4 members (excludes halogenated alkanes) is 2. The Hall–Kier alpha value is -4.12. The summed E-state index contributed by atoms with van der Waals surface area (Å²) in [5, 5.41) is 28.7. The number of benzene rings is 2. The highest BCUT2D eigenvalue weighted by Gasteiger charge is 2.27. The van der Waals surface area contributed by atoms with E-state index in [1.54, 1.807) is 0 Å². The molecule has 0 radical (unpaired) electrons. The van der Waals surface area contributed by atoms with Crippen molar-refractivity contribution in [3.8, 4) is 22.5 Å². The van der Waals surface area contributed by atoms with Gasteiger partial charge in [0.1, 0.15) is 5.92 Å². The van der Waals surface area contributed by atoms with Crippen molar-refractivity contribution in [2.75, 3.05) is 6.54 Å². The SMILES string of the molecule is CCCCCC(NC(=O)CNC(=O)C(CC(C)C)C(=O)NO)c1ccc(-c2ccccc2-c2nnn[nH]2)cc1. The number of hydrogen-bond acceptors (Lipinski definition) is 7. The average molecular weight is 536 g/mol. The van der Waals surface area contributed by atoms with Crippen molar-refractivity contribution in [3.63, 3.8) is 0 Å². The molecule has 39 heavy (non-hydrogen) atoms. The number of aromatic amines is 1. The molecule has 1 aromatic heterocycles. The summed E-state index contributed by atoms with van der Waals surface area (Å²) in [6, 6.07) is 15.6. The van der Waals surface area contributed by atoms with Crippen LogP contribution >= 0.6 is 0 Å². The molecule has 5 N–H and O–H groups in total. The second kappa shape index (κ2) is 14.7. The minimum Gasteiger partial charge on any atom is -0.348 e. The zero-order valence-corrected chi connectivity index (χ0v) is 22.6. The van der Waals surface area contributed by atoms with Crippen LogP contribution in [0.25, 0.3) is 22.5 Å². The second-order valence-electron chi connectivity index (χ2n) is 9.91. The minimum absolute atomic E-state index is 0.0529. The average Bonchev–Trinajstić information content (AvgIpc) is 3.49. The molecule has 0 spiro atoms. The molecule has 208 valence electrons. The molecule has 11 heteroatoms. The molecule has 11 nitrogen and oxygen atoms in total. The molecular weight excluding hydrogens is 498 g/mol. The van der Waals surface area contributed by atoms with E-state index >= 15 is 0 Å². The van der Waals surface area contributed by atoms with Crippen molar-refractivity contribution in [1.29, 1.82) is 0 Å². The number of H-pyrrole nitrogens is 1. The van der Waals surface area contributed by atoms with Crippen LogP contribution in [0.1, 0.15) is 64.5 Å². The molecule has 0 aliphatic heterocycles. The van der Waals surface area contributed by atoms with Gasteiger partial charge < -0.3 is 10.6 Å². The summed E-state index contributed by atoms with van der Waals surface area (Å²) in [6.45, 7) is 5.59. The molecule has 1 heterocycles. The Bertz CT molecular complexity index is 1210. The van der Waals surface area contributed by atoms with Gasteiger partial charge in [-0.05, 0) is 45.9 Å². The number of carbonyl (C=O) groups is 3. The molecule has 0 aliphatic carbocycles. The third-order valence-electron chi connectivity index (χ3n) is 6.46. The number of hydroxylamine groups is 1. The highest BCUT2D eigenvalue weighted by atomic mass is 16.5. The summed E-state index contributed by atoms with van der Waals surface area (Å²) in [5.41, 5.74) is 5.32. The van der Waals surface area contributed by atoms with Gasteiger partial charge in [-0.15, -0.1) is 5.10 Å². The first kappa shape index (κ1) is 29.4. The smallest absolute Gasteiger partial charge is 0.255 e. The molecule has 0 fully saturated rings. The van der Waals surface area contributed by atoms with Gasteiger partial charge in [0.25, 0.3) is 5.91 Å². The van der Waals surface area contributed by atoms with Gasteiger partial charge in [-0.1, -0.05) is 88.6 Å². The first-order valence-corrected chi connectivity index (χ1v) is 13.3. The van der Waals surface area contributed by atoms with Crippen LogP contribution in [-0.2, 0) is 14.4 Å². The highest BCUT2D eigenvalue weighted by Crippen LogP contribution is 2.31. The molecule has 0 saturated carbocycles. The molecule has 2 unspecified atom stereocenters. The van der Waals surface area contributed by atoms with E-state index in [-0.39, 0.29) is 30.8 Å². The maximum atomic E-state index is 12.8. The molecule has 0 bridgehead atoms. The lowest BCUT2D eigenvalue weighted by Crippen LogP contribution is -2.45. The molecule has 2 atom stereocenters. The lowest BCUT2D eigenvalue weighted by Gasteiger charge is -2.21. The maximum Gasteiger partial charge on any atom is 0.255 e. The number of hydrogen-bond donors (Lipinski definition) is 5. The molecule has 3 amide bonds. The van der Waals surface area contributed by atoms with E-state index in [1.807, 2.05) is 62.4 Å². The quantitative estimate of drug-likeness (QED) is 0.0912. The van der Waals surface area contributed by atoms with Gasteiger partial charge in [0.05, 0.1) is 12.6 Å². The van der Waals surface area contributed by atoms with Crippen LogP contribution in [0.2, 0.25) is 0 Å². The Morgan fingerprint density at radius 1 is 0.974 bits per heavy atom. The second-order valence-corrected chi connectivity index (χ2v) is 9.91. The van der Waals surface area contributed by atoms with Crippen LogP contribution in [0.3, 0.4) is 0 Å². The Kier molecular flexibility index (Phi) is 11.1. The van der Waals surface area contributed by atoms with Crippen LogP contribution in [0.5, 0.6) is 0 Å². The summed E-state index contributed by atoms with van der Waals surface area (Å²) in [4.78, 5) is 37.3. The van der Waals surface area contributed by atoms with Crippen LogP contribution in [-0.4, -0.2) is 50.1 Å². The molecule has 3 aromatic rings. The summed E-state index contributed by atoms with van der Waals surface area (Å²) in [6.07, 6.45) is 4.02. The van der Waals surface area contributed by atoms with Crippen molar-refractivity contribution in [2.45, 2.75) is 58.9 Å². The summed E-state index contributed by atoms with van der Waals surface area (Å²) in [5.74, 6) is -2.19. The largest absolute Gasteiger partial charge is 0.348 e. The molecule has 3 rings (SSSR count). The third kappa shape index (κ3) is 8.44. The van der Waals surface area contributed by atoms with Crippen molar-refractivity contribution in [1.82, 2.24) is 36.7 Å². The lowest BCUT2D eigenvalue weighted by atomic mass is 9.95. The van der Waals surface area contributed by atoms with Crippen molar-refractivity contribution < 1.29 is 19.6 Å². The monoisotopic (exact) mass is 535 g/mol. The number of nitrogens with zero attached hydrogens (tertiary/aromatic N) is 3. The van der Waals surface area contributed by atoms with E-state index in [9.17, 15) is 14.4 Å². The number of carbonyl (C=O) groups excluding carboxylic acids is 3. The standard InChI is InChI=1S/C28H37N7O4/c1-4-5-6-11-24(30-25(36)17-29-27(37)23(16-18(2)3)28(38)33-39)20-14-12-19(13-15-20)21-9-7-8-10-22(21)26-31-34-35-32-26/h7-10,12-15,18,23-24,39H,4-6,11,16-17H2,1-3H3,(H,29,37)(H,30,36)(H,33,38)(H,31,32,34,35). The summed E-state index contributed by atoms with van der Waals surface area (Å²) < 4.78 is 0. The van der Waals surface area contributed by atoms with Crippen LogP contribution in [0, 0.1) is 11.8 Å². The Labute approximate surface area is 228 Å². The van der Waals surface area contributed by atoms with Gasteiger partial charge in [0.15, 0.2) is 5.82 Å². The first-order valence-electron chi connectivity index (χ1n) is 13.3. The number of aromatic nitrogens is 4. The third-order valence-corrected chi connectivity index (χ3v) is 6.46. The zero-order valence-electron chi connectivity index (χ0n) is 22.6. The van der Waals surface area contributed by atoms with Crippen LogP contribution in [0.15, 0.2) is 48.5 Å². The van der Waals surface area contributed by atoms with E-state index in [4.69, 9.17) is 5.21 Å². The van der Waals surface area contributed by atoms with E-state index in [0.29, 0.717) is 5.82 Å². The Morgan fingerprint density at radius 3 is 2.31 bits per heavy atom. The Morgan fingerprint density at radius 2 is 1.69 bits per heavy atom. The van der Waals surface area contributed by atoms with Crippen molar-refractivity contribution in [3.05, 3.63) is 54.1 Å². The number of rotatable bonds is 14. The van der Waals surface area contributed by atoms with Crippen LogP contribution in [0.4, 0.5) is 0 Å². The van der Waals surface area contributed by atoms with E-state index in [0.717, 1.165) is 47.9 Å². The highest BCUT2D eigenvalue weighted by molar-refractivity contribution is 6.00. The van der Waals surface area contributed by atoms with E-state index in [1.165, 1.54) is 5.48 Å². The predicted molar refractivity (Wildman–Crippen MR) is 146 cm³/mol. The molecule has 2 aromatic carbocycles. The number of amides is 3. The fourth-order valence-electron chi connectivity index (χ4n) is 4.45. The van der Waals surface area contributed by atoms with Gasteiger partial charge in [-0.25, -0.2) is 10.6 Å². The van der Waals surface area contributed by atoms with Gasteiger partial charge >= 0.3 is 0 Å². The number of nitrogens with one attached hydrogen (secondary N) is 4. The molecule has 0 saturated heterocycles. The van der Waals surface area contributed by atoms with E-state index in [2.05, 4.69) is 38.2 Å². The zero-order chi connectivity index (χ0) is 28.2. The van der Waals surface area contributed by atoms with Crippen LogP contribution < -0.4 is 16.1 Å². The lowest BCUT2D eigenvalue weighted by molar-refractivity contribution is -0.142. The predicted octanol–water partition coefficient (Wildman–Crippen LogP) is 3.56. The molecule has 0 aliphatic rings.